The number of carbonyl (C=O) groups is 1. The highest BCUT2D eigenvalue weighted by Crippen LogP contribution is 2.46. The first-order valence-electron chi connectivity index (χ1n) is 9.43. The number of nitrogens with one attached hydrogen (secondary N) is 2. The zero-order chi connectivity index (χ0) is 19.3. The molecule has 2 aromatic carbocycles. The highest BCUT2D eigenvalue weighted by molar-refractivity contribution is 6.01. The maximum atomic E-state index is 13.1. The molecule has 2 aromatic rings. The van der Waals surface area contributed by atoms with Gasteiger partial charge < -0.3 is 15.7 Å². The second kappa shape index (κ2) is 6.15. The van der Waals surface area contributed by atoms with E-state index in [0.29, 0.717) is 6.42 Å². The van der Waals surface area contributed by atoms with E-state index in [-0.39, 0.29) is 23.0 Å². The van der Waals surface area contributed by atoms with Gasteiger partial charge in [0.25, 0.3) is 0 Å². The number of anilines is 2. The zero-order valence-corrected chi connectivity index (χ0v) is 16.3. The molecule has 1 heterocycles. The molecule has 0 saturated heterocycles. The van der Waals surface area contributed by atoms with Crippen LogP contribution in [-0.4, -0.2) is 10.9 Å². The predicted octanol–water partition coefficient (Wildman–Crippen LogP) is 5.23. The van der Waals surface area contributed by atoms with Crippen molar-refractivity contribution in [3.63, 3.8) is 0 Å². The molecule has 1 aliphatic heterocycles. The van der Waals surface area contributed by atoms with Crippen LogP contribution >= 0.6 is 0 Å². The molecule has 27 heavy (non-hydrogen) atoms. The Morgan fingerprint density at radius 1 is 1.00 bits per heavy atom. The summed E-state index contributed by atoms with van der Waals surface area (Å²) < 4.78 is 0. The largest absolute Gasteiger partial charge is 0.508 e. The molecule has 0 saturated carbocycles. The van der Waals surface area contributed by atoms with Gasteiger partial charge in [0.05, 0.1) is 17.4 Å². The fraction of sp³-hybridized carbons (Fsp3) is 0.348. The van der Waals surface area contributed by atoms with E-state index in [1.54, 1.807) is 12.1 Å². The molecule has 4 rings (SSSR count). The number of aromatic hydroxyl groups is 1. The summed E-state index contributed by atoms with van der Waals surface area (Å²) in [6.07, 6.45) is 1.37. The SMILES string of the molecule is Cc1cc2c(cc1C)NC(c1ccc(O)cc1)C1=C(CC(C)(C)CC1=O)N2. The van der Waals surface area contributed by atoms with Crippen LogP contribution < -0.4 is 10.6 Å². The van der Waals surface area contributed by atoms with E-state index < -0.39 is 0 Å². The number of rotatable bonds is 1. The van der Waals surface area contributed by atoms with Crippen molar-refractivity contribution in [3.8, 4) is 5.75 Å². The van der Waals surface area contributed by atoms with E-state index >= 15 is 0 Å². The topological polar surface area (TPSA) is 61.4 Å². The standard InChI is InChI=1S/C23H26N2O2/c1-13-9-17-18(10-14(13)2)25-22(15-5-7-16(26)8-6-15)21-19(24-17)11-23(3,4)12-20(21)27/h5-10,22,24-26H,11-12H2,1-4H3. The highest BCUT2D eigenvalue weighted by Gasteiger charge is 2.38. The van der Waals surface area contributed by atoms with Crippen LogP contribution in [0.3, 0.4) is 0 Å². The summed E-state index contributed by atoms with van der Waals surface area (Å²) in [7, 11) is 0. The van der Waals surface area contributed by atoms with Gasteiger partial charge in [0.2, 0.25) is 0 Å². The molecule has 1 aliphatic carbocycles. The summed E-state index contributed by atoms with van der Waals surface area (Å²) in [5.41, 5.74) is 7.16. The zero-order valence-electron chi connectivity index (χ0n) is 16.3. The Labute approximate surface area is 160 Å². The molecule has 0 radical (unpaired) electrons. The van der Waals surface area contributed by atoms with E-state index in [9.17, 15) is 9.90 Å². The molecule has 0 amide bonds. The normalized spacial score (nSPS) is 20.9. The van der Waals surface area contributed by atoms with Crippen molar-refractivity contribution in [1.82, 2.24) is 0 Å². The van der Waals surface area contributed by atoms with Crippen LogP contribution in [0.4, 0.5) is 11.4 Å². The number of carbonyl (C=O) groups excluding carboxylic acids is 1. The van der Waals surface area contributed by atoms with E-state index in [1.165, 1.54) is 11.1 Å². The Morgan fingerprint density at radius 3 is 2.30 bits per heavy atom. The van der Waals surface area contributed by atoms with Crippen molar-refractivity contribution in [2.75, 3.05) is 10.6 Å². The van der Waals surface area contributed by atoms with Crippen molar-refractivity contribution in [3.05, 3.63) is 64.4 Å². The van der Waals surface area contributed by atoms with Crippen LogP contribution in [0.25, 0.3) is 0 Å². The Bertz CT molecular complexity index is 955. The smallest absolute Gasteiger partial charge is 0.163 e. The number of aryl methyl sites for hydroxylation is 2. The lowest BCUT2D eigenvalue weighted by molar-refractivity contribution is -0.118. The number of phenolic OH excluding ortho intramolecular Hbond substituents is 1. The highest BCUT2D eigenvalue weighted by atomic mass is 16.3. The number of allylic oxidation sites excluding steroid dienone is 1. The molecule has 0 fully saturated rings. The van der Waals surface area contributed by atoms with E-state index in [2.05, 4.69) is 50.5 Å². The summed E-state index contributed by atoms with van der Waals surface area (Å²) >= 11 is 0. The third-order valence-corrected chi connectivity index (χ3v) is 5.65. The molecule has 3 N–H and O–H groups in total. The second-order valence-corrected chi connectivity index (χ2v) is 8.61. The lowest BCUT2D eigenvalue weighted by atomic mass is 9.73. The molecule has 1 atom stereocenters. The van der Waals surface area contributed by atoms with Gasteiger partial charge in [-0.3, -0.25) is 4.79 Å². The fourth-order valence-electron chi connectivity index (χ4n) is 4.13. The van der Waals surface area contributed by atoms with Gasteiger partial charge in [0.1, 0.15) is 5.75 Å². The van der Waals surface area contributed by atoms with Crippen LogP contribution in [0.15, 0.2) is 47.7 Å². The minimum atomic E-state index is -0.236. The minimum absolute atomic E-state index is 0.0628. The number of ketones is 1. The molecule has 2 aliphatic rings. The summed E-state index contributed by atoms with van der Waals surface area (Å²) in [6, 6.07) is 11.2. The molecule has 4 heteroatoms. The maximum Gasteiger partial charge on any atom is 0.163 e. The van der Waals surface area contributed by atoms with Crippen LogP contribution in [0.2, 0.25) is 0 Å². The molecule has 4 nitrogen and oxygen atoms in total. The number of benzene rings is 2. The molecular weight excluding hydrogens is 336 g/mol. The second-order valence-electron chi connectivity index (χ2n) is 8.61. The number of fused-ring (bicyclic) bond motifs is 1. The Balaban J connectivity index is 1.90. The molecule has 1 unspecified atom stereocenters. The number of hydrogen-bond donors (Lipinski definition) is 3. The number of Topliss-reactive ketones (excluding diaryl/α,β-unsaturated/α-hetero) is 1. The van der Waals surface area contributed by atoms with Gasteiger partial charge in [-0.2, -0.15) is 0 Å². The van der Waals surface area contributed by atoms with Crippen molar-refractivity contribution in [1.29, 1.82) is 0 Å². The Morgan fingerprint density at radius 2 is 1.63 bits per heavy atom. The molecule has 140 valence electrons. The van der Waals surface area contributed by atoms with Gasteiger partial charge in [-0.1, -0.05) is 26.0 Å². The van der Waals surface area contributed by atoms with E-state index in [1.807, 2.05) is 12.1 Å². The van der Waals surface area contributed by atoms with Crippen molar-refractivity contribution in [2.24, 2.45) is 5.41 Å². The van der Waals surface area contributed by atoms with Crippen LogP contribution in [-0.2, 0) is 4.79 Å². The van der Waals surface area contributed by atoms with Gasteiger partial charge in [-0.05, 0) is 66.6 Å². The molecule has 0 bridgehead atoms. The molecular formula is C23H26N2O2. The average molecular weight is 362 g/mol. The lowest BCUT2D eigenvalue weighted by Gasteiger charge is -2.34. The first-order valence-corrected chi connectivity index (χ1v) is 9.43. The molecule has 0 aromatic heterocycles. The van der Waals surface area contributed by atoms with Gasteiger partial charge >= 0.3 is 0 Å². The first kappa shape index (κ1) is 17.7. The average Bonchev–Trinajstić information content (AvgIpc) is 2.71. The fourth-order valence-corrected chi connectivity index (χ4v) is 4.13. The third kappa shape index (κ3) is 3.20. The van der Waals surface area contributed by atoms with Crippen molar-refractivity contribution < 1.29 is 9.90 Å². The minimum Gasteiger partial charge on any atom is -0.508 e. The van der Waals surface area contributed by atoms with E-state index in [0.717, 1.165) is 34.6 Å². The maximum absolute atomic E-state index is 13.1. The summed E-state index contributed by atoms with van der Waals surface area (Å²) in [6.45, 7) is 8.49. The third-order valence-electron chi connectivity index (χ3n) is 5.65. The van der Waals surface area contributed by atoms with Gasteiger partial charge in [-0.25, -0.2) is 0 Å². The Hall–Kier alpha value is -2.75. The number of hydrogen-bond acceptors (Lipinski definition) is 4. The van der Waals surface area contributed by atoms with Gasteiger partial charge in [0.15, 0.2) is 5.78 Å². The quantitative estimate of drug-likeness (QED) is 0.650. The predicted molar refractivity (Wildman–Crippen MR) is 109 cm³/mol. The van der Waals surface area contributed by atoms with Gasteiger partial charge in [-0.15, -0.1) is 0 Å². The van der Waals surface area contributed by atoms with Crippen LogP contribution in [0.5, 0.6) is 5.75 Å². The van der Waals surface area contributed by atoms with Crippen molar-refractivity contribution in [2.45, 2.75) is 46.6 Å². The summed E-state index contributed by atoms with van der Waals surface area (Å²) in [5.74, 6) is 0.406. The Kier molecular flexibility index (Phi) is 4.02. The summed E-state index contributed by atoms with van der Waals surface area (Å²) in [5, 5.41) is 16.8. The monoisotopic (exact) mass is 362 g/mol. The van der Waals surface area contributed by atoms with Gasteiger partial charge in [0, 0.05) is 17.7 Å². The summed E-state index contributed by atoms with van der Waals surface area (Å²) in [4.78, 5) is 13.1. The van der Waals surface area contributed by atoms with Crippen LogP contribution in [0, 0.1) is 19.3 Å². The first-order chi connectivity index (χ1) is 12.7. The molecule has 0 spiro atoms. The van der Waals surface area contributed by atoms with Crippen LogP contribution in [0.1, 0.15) is 49.4 Å². The van der Waals surface area contributed by atoms with Crippen molar-refractivity contribution >= 4 is 17.2 Å². The van der Waals surface area contributed by atoms with E-state index in [4.69, 9.17) is 0 Å². The lowest BCUT2D eigenvalue weighted by Crippen LogP contribution is -2.31. The number of phenols is 1.